The summed E-state index contributed by atoms with van der Waals surface area (Å²) in [5.41, 5.74) is 8.50. The molecule has 2 N–H and O–H groups in total. The van der Waals surface area contributed by atoms with Crippen molar-refractivity contribution in [3.05, 3.63) is 35.4 Å². The van der Waals surface area contributed by atoms with E-state index in [2.05, 4.69) is 26.0 Å². The molecule has 4 heteroatoms. The minimum absolute atomic E-state index is 0. The number of carbonyl (C=O) groups excluding carboxylic acids is 1. The van der Waals surface area contributed by atoms with Crippen LogP contribution in [0.2, 0.25) is 0 Å². The first kappa shape index (κ1) is 18.0. The predicted molar refractivity (Wildman–Crippen MR) is 89.5 cm³/mol. The molecule has 1 aromatic carbocycles. The summed E-state index contributed by atoms with van der Waals surface area (Å²) in [6.07, 6.45) is 3.99. The van der Waals surface area contributed by atoms with Gasteiger partial charge in [-0.05, 0) is 44.2 Å². The normalized spacial score (nSPS) is 21.5. The summed E-state index contributed by atoms with van der Waals surface area (Å²) in [5.74, 6) is 0.411. The van der Waals surface area contributed by atoms with Crippen molar-refractivity contribution in [2.75, 3.05) is 6.54 Å². The Morgan fingerprint density at radius 2 is 2.05 bits per heavy atom. The number of nitrogens with two attached hydrogens (primary N) is 1. The molecule has 3 nitrogen and oxygen atoms in total. The third kappa shape index (κ3) is 4.72. The fourth-order valence-electron chi connectivity index (χ4n) is 3.05. The number of carbonyl (C=O) groups is 1. The lowest BCUT2D eigenvalue weighted by Crippen LogP contribution is -2.40. The van der Waals surface area contributed by atoms with Crippen molar-refractivity contribution < 1.29 is 4.79 Å². The van der Waals surface area contributed by atoms with Gasteiger partial charge < -0.3 is 10.6 Å². The number of hydrogen-bond acceptors (Lipinski definition) is 2. The van der Waals surface area contributed by atoms with E-state index < -0.39 is 0 Å². The van der Waals surface area contributed by atoms with Crippen LogP contribution in [0.25, 0.3) is 0 Å². The van der Waals surface area contributed by atoms with Crippen LogP contribution in [0.5, 0.6) is 0 Å². The number of rotatable bonds is 4. The highest BCUT2D eigenvalue weighted by molar-refractivity contribution is 5.85. The molecule has 0 bridgehead atoms. The molecular formula is C17H27ClN2O. The first-order valence-corrected chi connectivity index (χ1v) is 7.70. The Labute approximate surface area is 134 Å². The van der Waals surface area contributed by atoms with Gasteiger partial charge in [-0.3, -0.25) is 4.79 Å². The minimum atomic E-state index is 0. The molecule has 1 aliphatic rings. The summed E-state index contributed by atoms with van der Waals surface area (Å²) in [6, 6.07) is 8.49. The lowest BCUT2D eigenvalue weighted by atomic mass is 9.85. The standard InChI is InChI=1S/C17H26N2O.ClH/c1-3-19(12-15-8-5-4-7-13(15)2)17(20)14-9-6-10-16(18)11-14;/h4-5,7-8,14,16H,3,6,9-12,18H2,1-2H3;1H. The van der Waals surface area contributed by atoms with E-state index in [1.807, 2.05) is 17.0 Å². The average molecular weight is 311 g/mol. The highest BCUT2D eigenvalue weighted by atomic mass is 35.5. The Morgan fingerprint density at radius 1 is 1.33 bits per heavy atom. The Morgan fingerprint density at radius 3 is 2.67 bits per heavy atom. The second-order valence-corrected chi connectivity index (χ2v) is 5.90. The van der Waals surface area contributed by atoms with Gasteiger partial charge in [-0.25, -0.2) is 0 Å². The summed E-state index contributed by atoms with van der Waals surface area (Å²) in [5, 5.41) is 0. The van der Waals surface area contributed by atoms with Crippen LogP contribution in [-0.2, 0) is 11.3 Å². The van der Waals surface area contributed by atoms with Crippen LogP contribution in [0.4, 0.5) is 0 Å². The van der Waals surface area contributed by atoms with Gasteiger partial charge in [0, 0.05) is 25.0 Å². The fraction of sp³-hybridized carbons (Fsp3) is 0.588. The molecule has 118 valence electrons. The summed E-state index contributed by atoms with van der Waals surface area (Å²) >= 11 is 0. The van der Waals surface area contributed by atoms with E-state index in [4.69, 9.17) is 5.73 Å². The van der Waals surface area contributed by atoms with Gasteiger partial charge in [0.1, 0.15) is 0 Å². The van der Waals surface area contributed by atoms with Gasteiger partial charge in [-0.1, -0.05) is 30.7 Å². The monoisotopic (exact) mass is 310 g/mol. The lowest BCUT2D eigenvalue weighted by Gasteiger charge is -2.31. The molecule has 0 aliphatic heterocycles. The second kappa shape index (κ2) is 8.40. The van der Waals surface area contributed by atoms with Crippen LogP contribution < -0.4 is 5.73 Å². The molecule has 1 saturated carbocycles. The summed E-state index contributed by atoms with van der Waals surface area (Å²) < 4.78 is 0. The van der Waals surface area contributed by atoms with Gasteiger partial charge in [0.15, 0.2) is 0 Å². The summed E-state index contributed by atoms with van der Waals surface area (Å²) in [6.45, 7) is 5.63. The Kier molecular flexibility index (Phi) is 7.20. The number of aryl methyl sites for hydroxylation is 1. The molecule has 1 aliphatic carbocycles. The van der Waals surface area contributed by atoms with Crippen LogP contribution in [0, 0.1) is 12.8 Å². The molecule has 21 heavy (non-hydrogen) atoms. The highest BCUT2D eigenvalue weighted by Gasteiger charge is 2.28. The van der Waals surface area contributed by atoms with Gasteiger partial charge in [-0.2, -0.15) is 0 Å². The number of nitrogens with zero attached hydrogens (tertiary/aromatic N) is 1. The van der Waals surface area contributed by atoms with Gasteiger partial charge >= 0.3 is 0 Å². The zero-order chi connectivity index (χ0) is 14.5. The zero-order valence-electron chi connectivity index (χ0n) is 13.0. The first-order chi connectivity index (χ1) is 9.61. The maximum absolute atomic E-state index is 12.7. The molecule has 2 rings (SSSR count). The van der Waals surface area contributed by atoms with Crippen molar-refractivity contribution in [3.8, 4) is 0 Å². The fourth-order valence-corrected chi connectivity index (χ4v) is 3.05. The van der Waals surface area contributed by atoms with Crippen molar-refractivity contribution in [1.29, 1.82) is 0 Å². The van der Waals surface area contributed by atoms with Crippen LogP contribution in [-0.4, -0.2) is 23.4 Å². The number of amides is 1. The Balaban J connectivity index is 0.00000220. The van der Waals surface area contributed by atoms with E-state index in [1.54, 1.807) is 0 Å². The van der Waals surface area contributed by atoms with Crippen molar-refractivity contribution in [2.45, 2.75) is 52.1 Å². The first-order valence-electron chi connectivity index (χ1n) is 7.70. The molecule has 0 aromatic heterocycles. The molecule has 2 unspecified atom stereocenters. The summed E-state index contributed by atoms with van der Waals surface area (Å²) in [4.78, 5) is 14.6. The smallest absolute Gasteiger partial charge is 0.226 e. The zero-order valence-corrected chi connectivity index (χ0v) is 13.9. The predicted octanol–water partition coefficient (Wildman–Crippen LogP) is 3.28. The molecule has 2 atom stereocenters. The molecular weight excluding hydrogens is 284 g/mol. The van der Waals surface area contributed by atoms with Crippen LogP contribution in [0.3, 0.4) is 0 Å². The van der Waals surface area contributed by atoms with E-state index in [0.29, 0.717) is 6.54 Å². The third-order valence-electron chi connectivity index (χ3n) is 4.38. The van der Waals surface area contributed by atoms with Crippen LogP contribution in [0.15, 0.2) is 24.3 Å². The average Bonchev–Trinajstić information content (AvgIpc) is 2.46. The second-order valence-electron chi connectivity index (χ2n) is 5.90. The largest absolute Gasteiger partial charge is 0.338 e. The number of benzene rings is 1. The van der Waals surface area contributed by atoms with E-state index in [1.165, 1.54) is 11.1 Å². The lowest BCUT2D eigenvalue weighted by molar-refractivity contribution is -0.137. The van der Waals surface area contributed by atoms with Gasteiger partial charge in [0.05, 0.1) is 0 Å². The van der Waals surface area contributed by atoms with Crippen LogP contribution in [0.1, 0.15) is 43.7 Å². The van der Waals surface area contributed by atoms with Crippen LogP contribution >= 0.6 is 12.4 Å². The summed E-state index contributed by atoms with van der Waals surface area (Å²) in [7, 11) is 0. The van der Waals surface area contributed by atoms with E-state index in [-0.39, 0.29) is 30.3 Å². The highest BCUT2D eigenvalue weighted by Crippen LogP contribution is 2.25. The van der Waals surface area contributed by atoms with Crippen molar-refractivity contribution in [3.63, 3.8) is 0 Å². The molecule has 0 heterocycles. The van der Waals surface area contributed by atoms with Crippen molar-refractivity contribution >= 4 is 18.3 Å². The molecule has 0 radical (unpaired) electrons. The SMILES string of the molecule is CCN(Cc1ccccc1C)C(=O)C1CCCC(N)C1.Cl. The molecule has 0 saturated heterocycles. The van der Waals surface area contributed by atoms with Gasteiger partial charge in [0.25, 0.3) is 0 Å². The molecule has 1 aromatic rings. The Hall–Kier alpha value is -1.06. The third-order valence-corrected chi connectivity index (χ3v) is 4.38. The van der Waals surface area contributed by atoms with Gasteiger partial charge in [-0.15, -0.1) is 12.4 Å². The topological polar surface area (TPSA) is 46.3 Å². The molecule has 1 fully saturated rings. The molecule has 1 amide bonds. The van der Waals surface area contributed by atoms with E-state index in [0.717, 1.165) is 32.2 Å². The Bertz CT molecular complexity index is 464. The number of halogens is 1. The number of hydrogen-bond donors (Lipinski definition) is 1. The van der Waals surface area contributed by atoms with E-state index >= 15 is 0 Å². The van der Waals surface area contributed by atoms with E-state index in [9.17, 15) is 4.79 Å². The quantitative estimate of drug-likeness (QED) is 0.927. The van der Waals surface area contributed by atoms with Crippen molar-refractivity contribution in [2.24, 2.45) is 11.7 Å². The maximum Gasteiger partial charge on any atom is 0.226 e. The maximum atomic E-state index is 12.7. The minimum Gasteiger partial charge on any atom is -0.338 e. The van der Waals surface area contributed by atoms with Gasteiger partial charge in [0.2, 0.25) is 5.91 Å². The van der Waals surface area contributed by atoms with Crippen molar-refractivity contribution in [1.82, 2.24) is 4.90 Å². The molecule has 0 spiro atoms.